The number of aliphatic hydroxyl groups excluding tert-OH is 1. The van der Waals surface area contributed by atoms with Gasteiger partial charge in [0.15, 0.2) is 5.13 Å². The van der Waals surface area contributed by atoms with Gasteiger partial charge in [-0.25, -0.2) is 9.37 Å². The van der Waals surface area contributed by atoms with Crippen LogP contribution in [0, 0.1) is 26.6 Å². The van der Waals surface area contributed by atoms with Crippen LogP contribution in [0.25, 0.3) is 16.0 Å². The first-order valence-electron chi connectivity index (χ1n) is 10.8. The number of Topliss-reactive ketones (excluding diaryl/α,β-unsaturated/α-hetero) is 1. The van der Waals surface area contributed by atoms with E-state index in [9.17, 15) is 19.1 Å². The van der Waals surface area contributed by atoms with Gasteiger partial charge in [-0.3, -0.25) is 14.5 Å². The molecule has 1 aliphatic heterocycles. The average Bonchev–Trinajstić information content (AvgIpc) is 3.33. The predicted molar refractivity (Wildman–Crippen MR) is 131 cm³/mol. The fraction of sp³-hybridized carbons (Fsp3) is 0.148. The van der Waals surface area contributed by atoms with Crippen LogP contribution >= 0.6 is 11.3 Å². The van der Waals surface area contributed by atoms with Crippen molar-refractivity contribution in [1.29, 1.82) is 0 Å². The molecule has 1 saturated heterocycles. The zero-order valence-electron chi connectivity index (χ0n) is 18.8. The molecule has 3 aromatic carbocycles. The van der Waals surface area contributed by atoms with E-state index in [1.54, 1.807) is 0 Å². The van der Waals surface area contributed by atoms with Crippen molar-refractivity contribution < 1.29 is 19.1 Å². The molecule has 4 aromatic rings. The number of carbonyl (C=O) groups excluding carboxylic acids is 2. The molecule has 7 heteroatoms. The molecule has 1 atom stereocenters. The fourth-order valence-corrected chi connectivity index (χ4v) is 5.49. The molecule has 1 fully saturated rings. The van der Waals surface area contributed by atoms with E-state index in [0.29, 0.717) is 10.7 Å². The van der Waals surface area contributed by atoms with Crippen molar-refractivity contribution in [3.05, 3.63) is 99.9 Å². The zero-order chi connectivity index (χ0) is 24.1. The lowest BCUT2D eigenvalue weighted by molar-refractivity contribution is -0.132. The van der Waals surface area contributed by atoms with Crippen molar-refractivity contribution in [3.8, 4) is 0 Å². The number of anilines is 1. The number of halogens is 1. The Kier molecular flexibility index (Phi) is 5.29. The molecule has 0 aliphatic carbocycles. The molecule has 0 bridgehead atoms. The Morgan fingerprint density at radius 3 is 2.32 bits per heavy atom. The molecule has 5 nitrogen and oxygen atoms in total. The second-order valence-electron chi connectivity index (χ2n) is 8.51. The van der Waals surface area contributed by atoms with Crippen molar-refractivity contribution in [1.82, 2.24) is 4.98 Å². The first-order chi connectivity index (χ1) is 16.2. The zero-order valence-corrected chi connectivity index (χ0v) is 19.6. The van der Waals surface area contributed by atoms with Gasteiger partial charge in [-0.2, -0.15) is 0 Å². The number of nitrogens with zero attached hydrogens (tertiary/aromatic N) is 2. The summed E-state index contributed by atoms with van der Waals surface area (Å²) < 4.78 is 14.4. The molecule has 170 valence electrons. The van der Waals surface area contributed by atoms with Gasteiger partial charge in [0.2, 0.25) is 0 Å². The molecular weight excluding hydrogens is 451 g/mol. The standard InChI is InChI=1S/C27H21FN2O3S/c1-14-4-6-17(7-5-14)23-21(24(31)18-8-10-19(28)11-9-18)25(32)26(33)30(23)27-29-22-16(3)12-15(2)13-20(22)34-27/h4-13,23,31H,1-3H3. The van der Waals surface area contributed by atoms with Crippen LogP contribution < -0.4 is 4.90 Å². The van der Waals surface area contributed by atoms with Crippen LogP contribution in [-0.2, 0) is 9.59 Å². The maximum absolute atomic E-state index is 13.5. The van der Waals surface area contributed by atoms with Crippen molar-refractivity contribution in [2.24, 2.45) is 0 Å². The lowest BCUT2D eigenvalue weighted by atomic mass is 9.95. The Balaban J connectivity index is 1.74. The van der Waals surface area contributed by atoms with Crippen LogP contribution in [0.3, 0.4) is 0 Å². The Morgan fingerprint density at radius 2 is 1.65 bits per heavy atom. The van der Waals surface area contributed by atoms with E-state index >= 15 is 0 Å². The quantitative estimate of drug-likeness (QED) is 0.226. The number of aliphatic hydroxyl groups is 1. The summed E-state index contributed by atoms with van der Waals surface area (Å²) >= 11 is 1.33. The smallest absolute Gasteiger partial charge is 0.301 e. The molecule has 1 unspecified atom stereocenters. The van der Waals surface area contributed by atoms with Crippen LogP contribution in [-0.4, -0.2) is 21.8 Å². The van der Waals surface area contributed by atoms with E-state index in [-0.39, 0.29) is 16.9 Å². The number of carbonyl (C=O) groups is 2. The second kappa shape index (κ2) is 8.18. The van der Waals surface area contributed by atoms with Crippen LogP contribution in [0.5, 0.6) is 0 Å². The maximum atomic E-state index is 13.5. The number of thiazole rings is 1. The SMILES string of the molecule is Cc1ccc(C2C(=C(O)c3ccc(F)cc3)C(=O)C(=O)N2c2nc3c(C)cc(C)cc3s2)cc1. The monoisotopic (exact) mass is 472 g/mol. The molecule has 5 rings (SSSR count). The Hall–Kier alpha value is -3.84. The van der Waals surface area contributed by atoms with E-state index in [0.717, 1.165) is 26.9 Å². The summed E-state index contributed by atoms with van der Waals surface area (Å²) in [6.07, 6.45) is 0. The number of hydrogen-bond acceptors (Lipinski definition) is 5. The molecule has 34 heavy (non-hydrogen) atoms. The summed E-state index contributed by atoms with van der Waals surface area (Å²) in [4.78, 5) is 32.6. The molecule has 1 aliphatic rings. The third-order valence-corrected chi connectivity index (χ3v) is 6.98. The number of hydrogen-bond donors (Lipinski definition) is 1. The molecule has 1 N–H and O–H groups in total. The largest absolute Gasteiger partial charge is 0.507 e. The second-order valence-corrected chi connectivity index (χ2v) is 9.52. The summed E-state index contributed by atoms with van der Waals surface area (Å²) in [7, 11) is 0. The van der Waals surface area contributed by atoms with Crippen molar-refractivity contribution in [3.63, 3.8) is 0 Å². The normalized spacial score (nSPS) is 17.6. The lowest BCUT2D eigenvalue weighted by Crippen LogP contribution is -2.29. The average molecular weight is 473 g/mol. The summed E-state index contributed by atoms with van der Waals surface area (Å²) in [5, 5.41) is 11.5. The summed E-state index contributed by atoms with van der Waals surface area (Å²) in [5.41, 5.74) is 4.72. The Morgan fingerprint density at radius 1 is 0.971 bits per heavy atom. The van der Waals surface area contributed by atoms with Crippen LogP contribution in [0.15, 0.2) is 66.2 Å². The fourth-order valence-electron chi connectivity index (χ4n) is 4.32. The highest BCUT2D eigenvalue weighted by Gasteiger charge is 2.48. The number of amides is 1. The van der Waals surface area contributed by atoms with E-state index in [1.165, 1.54) is 40.5 Å². The van der Waals surface area contributed by atoms with Crippen molar-refractivity contribution in [2.45, 2.75) is 26.8 Å². The van der Waals surface area contributed by atoms with E-state index in [4.69, 9.17) is 4.98 Å². The number of fused-ring (bicyclic) bond motifs is 1. The summed E-state index contributed by atoms with van der Waals surface area (Å²) in [5.74, 6) is -2.38. The van der Waals surface area contributed by atoms with Gasteiger partial charge in [-0.15, -0.1) is 0 Å². The molecule has 0 radical (unpaired) electrons. The van der Waals surface area contributed by atoms with Crippen LogP contribution in [0.2, 0.25) is 0 Å². The van der Waals surface area contributed by atoms with Gasteiger partial charge in [0.1, 0.15) is 11.6 Å². The van der Waals surface area contributed by atoms with Gasteiger partial charge in [0, 0.05) is 5.56 Å². The first-order valence-corrected chi connectivity index (χ1v) is 11.6. The minimum atomic E-state index is -0.868. The third-order valence-electron chi connectivity index (χ3n) is 5.98. The highest BCUT2D eigenvalue weighted by atomic mass is 32.1. The minimum absolute atomic E-state index is 0.0485. The van der Waals surface area contributed by atoms with Crippen LogP contribution in [0.1, 0.15) is 33.9 Å². The van der Waals surface area contributed by atoms with Crippen molar-refractivity contribution in [2.75, 3.05) is 4.90 Å². The number of benzene rings is 3. The van der Waals surface area contributed by atoms with Gasteiger partial charge >= 0.3 is 5.91 Å². The van der Waals surface area contributed by atoms with Gasteiger partial charge < -0.3 is 5.11 Å². The molecule has 0 spiro atoms. The molecule has 1 amide bonds. The highest BCUT2D eigenvalue weighted by Crippen LogP contribution is 2.44. The Bertz CT molecular complexity index is 1490. The van der Waals surface area contributed by atoms with E-state index in [2.05, 4.69) is 0 Å². The summed E-state index contributed by atoms with van der Waals surface area (Å²) in [6.45, 7) is 5.89. The van der Waals surface area contributed by atoms with E-state index in [1.807, 2.05) is 57.2 Å². The van der Waals surface area contributed by atoms with Gasteiger partial charge in [-0.05, 0) is 67.8 Å². The van der Waals surface area contributed by atoms with Crippen molar-refractivity contribution >= 4 is 44.1 Å². The Labute approximate surface area is 199 Å². The first kappa shape index (κ1) is 22.0. The predicted octanol–water partition coefficient (Wildman–Crippen LogP) is 5.99. The minimum Gasteiger partial charge on any atom is -0.507 e. The molecule has 1 aromatic heterocycles. The van der Waals surface area contributed by atoms with Gasteiger partial charge in [0.25, 0.3) is 5.78 Å². The maximum Gasteiger partial charge on any atom is 0.301 e. The number of ketones is 1. The van der Waals surface area contributed by atoms with Gasteiger partial charge in [0.05, 0.1) is 21.8 Å². The topological polar surface area (TPSA) is 70.5 Å². The van der Waals surface area contributed by atoms with Crippen LogP contribution in [0.4, 0.5) is 9.52 Å². The molecule has 0 saturated carbocycles. The highest BCUT2D eigenvalue weighted by molar-refractivity contribution is 7.22. The third kappa shape index (κ3) is 3.58. The van der Waals surface area contributed by atoms with Gasteiger partial charge in [-0.1, -0.05) is 47.2 Å². The lowest BCUT2D eigenvalue weighted by Gasteiger charge is -2.23. The number of aromatic nitrogens is 1. The van der Waals surface area contributed by atoms with E-state index < -0.39 is 23.5 Å². The number of aryl methyl sites for hydroxylation is 3. The summed E-state index contributed by atoms with van der Waals surface area (Å²) in [6, 6.07) is 15.8. The molecule has 2 heterocycles. The molecular formula is C27H21FN2O3S. The number of rotatable bonds is 3.